The fourth-order valence-electron chi connectivity index (χ4n) is 2.65. The number of thioether (sulfide) groups is 1. The van der Waals surface area contributed by atoms with E-state index in [9.17, 15) is 9.59 Å². The first kappa shape index (κ1) is 20.3. The van der Waals surface area contributed by atoms with Crippen LogP contribution >= 0.6 is 23.1 Å². The van der Waals surface area contributed by atoms with Gasteiger partial charge in [-0.2, -0.15) is 0 Å². The molecule has 10 heteroatoms. The minimum absolute atomic E-state index is 0.131. The number of hydrogen-bond acceptors (Lipinski definition) is 8. The topological polar surface area (TPSA) is 113 Å². The Kier molecular flexibility index (Phi) is 5.99. The highest BCUT2D eigenvalue weighted by molar-refractivity contribution is 7.99. The summed E-state index contributed by atoms with van der Waals surface area (Å²) in [6, 6.07) is 1.85. The molecule has 3 aromatic rings. The highest BCUT2D eigenvalue weighted by atomic mass is 32.2. The van der Waals surface area contributed by atoms with Crippen LogP contribution in [0, 0.1) is 27.7 Å². The Morgan fingerprint density at radius 2 is 1.89 bits per heavy atom. The lowest BCUT2D eigenvalue weighted by atomic mass is 10.2. The third-order valence-corrected chi connectivity index (χ3v) is 6.46. The molecule has 3 N–H and O–H groups in total. The largest absolute Gasteiger partial charge is 0.309 e. The van der Waals surface area contributed by atoms with Gasteiger partial charge in [0, 0.05) is 16.3 Å². The number of aromatic amines is 1. The van der Waals surface area contributed by atoms with E-state index < -0.39 is 0 Å². The van der Waals surface area contributed by atoms with Gasteiger partial charge in [-0.1, -0.05) is 0 Å². The highest BCUT2D eigenvalue weighted by Crippen LogP contribution is 2.26. The van der Waals surface area contributed by atoms with E-state index >= 15 is 0 Å². The Morgan fingerprint density at radius 1 is 1.21 bits per heavy atom. The van der Waals surface area contributed by atoms with Crippen molar-refractivity contribution in [2.45, 2.75) is 45.6 Å². The van der Waals surface area contributed by atoms with E-state index in [4.69, 9.17) is 0 Å². The van der Waals surface area contributed by atoms with Crippen molar-refractivity contribution in [2.24, 2.45) is 0 Å². The van der Waals surface area contributed by atoms with E-state index in [-0.39, 0.29) is 16.7 Å². The molecule has 1 unspecified atom stereocenters. The second-order valence-corrected chi connectivity index (χ2v) is 9.05. The molecule has 0 saturated heterocycles. The summed E-state index contributed by atoms with van der Waals surface area (Å²) in [6.45, 7) is 9.43. The molecule has 0 saturated carbocycles. The molecule has 0 aliphatic rings. The zero-order valence-electron chi connectivity index (χ0n) is 16.3. The summed E-state index contributed by atoms with van der Waals surface area (Å²) in [4.78, 5) is 42.2. The molecule has 3 heterocycles. The second-order valence-electron chi connectivity index (χ2n) is 6.52. The van der Waals surface area contributed by atoms with Gasteiger partial charge in [-0.25, -0.2) is 15.0 Å². The molecular formula is C18H22N6O2S2. The SMILES string of the molecule is Cc1cc(C)nc(NNC(=O)C(C)SCc2nc3sc(C)c(C)c3c(=O)[nH]2)n1. The van der Waals surface area contributed by atoms with Gasteiger partial charge in [-0.15, -0.1) is 23.1 Å². The van der Waals surface area contributed by atoms with Crippen LogP contribution in [-0.4, -0.2) is 31.1 Å². The maximum atomic E-state index is 12.3. The van der Waals surface area contributed by atoms with Crippen LogP contribution in [0.2, 0.25) is 0 Å². The third kappa shape index (κ3) is 4.50. The summed E-state index contributed by atoms with van der Waals surface area (Å²) in [6.07, 6.45) is 0. The van der Waals surface area contributed by atoms with Crippen LogP contribution in [0.15, 0.2) is 10.9 Å². The molecule has 3 rings (SSSR count). The number of rotatable bonds is 6. The molecule has 0 fully saturated rings. The Morgan fingerprint density at radius 3 is 2.57 bits per heavy atom. The van der Waals surface area contributed by atoms with Gasteiger partial charge in [0.2, 0.25) is 5.95 Å². The molecule has 0 spiro atoms. The minimum atomic E-state index is -0.355. The molecule has 0 aliphatic heterocycles. The molecule has 0 aromatic carbocycles. The Bertz CT molecular complexity index is 1070. The lowest BCUT2D eigenvalue weighted by Crippen LogP contribution is -2.36. The predicted octanol–water partition coefficient (Wildman–Crippen LogP) is 2.77. The zero-order chi connectivity index (χ0) is 20.4. The smallest absolute Gasteiger partial charge is 0.259 e. The maximum Gasteiger partial charge on any atom is 0.259 e. The number of fused-ring (bicyclic) bond motifs is 1. The second kappa shape index (κ2) is 8.27. The molecular weight excluding hydrogens is 396 g/mol. The molecule has 0 aliphatic carbocycles. The van der Waals surface area contributed by atoms with Crippen molar-refractivity contribution in [3.63, 3.8) is 0 Å². The highest BCUT2D eigenvalue weighted by Gasteiger charge is 2.16. The van der Waals surface area contributed by atoms with Crippen molar-refractivity contribution in [1.29, 1.82) is 0 Å². The van der Waals surface area contributed by atoms with Crippen molar-refractivity contribution in [3.05, 3.63) is 44.1 Å². The number of carbonyl (C=O) groups excluding carboxylic acids is 1. The van der Waals surface area contributed by atoms with Crippen molar-refractivity contribution >= 4 is 45.2 Å². The average molecular weight is 419 g/mol. The summed E-state index contributed by atoms with van der Waals surface area (Å²) >= 11 is 2.90. The lowest BCUT2D eigenvalue weighted by molar-refractivity contribution is -0.119. The van der Waals surface area contributed by atoms with Gasteiger partial charge in [0.25, 0.3) is 11.5 Å². The van der Waals surface area contributed by atoms with Crippen LogP contribution in [0.5, 0.6) is 0 Å². The third-order valence-electron chi connectivity index (χ3n) is 4.21. The van der Waals surface area contributed by atoms with Gasteiger partial charge >= 0.3 is 0 Å². The van der Waals surface area contributed by atoms with Crippen molar-refractivity contribution in [3.8, 4) is 0 Å². The summed E-state index contributed by atoms with van der Waals surface area (Å²) < 4.78 is 0. The number of nitrogens with zero attached hydrogens (tertiary/aromatic N) is 3. The Balaban J connectivity index is 1.60. The van der Waals surface area contributed by atoms with Crippen LogP contribution in [0.1, 0.15) is 34.6 Å². The molecule has 1 atom stereocenters. The molecule has 8 nitrogen and oxygen atoms in total. The normalized spacial score (nSPS) is 12.2. The Hall–Kier alpha value is -2.46. The van der Waals surface area contributed by atoms with Crippen molar-refractivity contribution < 1.29 is 4.79 Å². The van der Waals surface area contributed by atoms with Crippen LogP contribution in [-0.2, 0) is 10.5 Å². The van der Waals surface area contributed by atoms with Crippen LogP contribution < -0.4 is 16.4 Å². The fourth-order valence-corrected chi connectivity index (χ4v) is 4.45. The summed E-state index contributed by atoms with van der Waals surface area (Å²) in [7, 11) is 0. The van der Waals surface area contributed by atoms with Gasteiger partial charge in [-0.05, 0) is 46.2 Å². The standard InChI is InChI=1S/C18H22N6O2S2/c1-8-6-9(2)20-18(19-8)24-23-15(25)12(5)27-7-13-21-16(26)14-10(3)11(4)28-17(14)22-13/h6,12H,7H2,1-5H3,(H,23,25)(H,19,20,24)(H,21,22,26). The van der Waals surface area contributed by atoms with E-state index in [0.717, 1.165) is 26.7 Å². The van der Waals surface area contributed by atoms with E-state index in [2.05, 4.69) is 30.8 Å². The summed E-state index contributed by atoms with van der Waals surface area (Å²) in [5.41, 5.74) is 7.83. The molecule has 148 valence electrons. The quantitative estimate of drug-likeness (QED) is 0.528. The number of anilines is 1. The summed E-state index contributed by atoms with van der Waals surface area (Å²) in [5.74, 6) is 1.13. The van der Waals surface area contributed by atoms with Crippen LogP contribution in [0.4, 0.5) is 5.95 Å². The molecule has 3 aromatic heterocycles. The van der Waals surface area contributed by atoms with E-state index in [1.165, 1.54) is 23.1 Å². The summed E-state index contributed by atoms with van der Waals surface area (Å²) in [5, 5.41) is 0.297. The minimum Gasteiger partial charge on any atom is -0.309 e. The molecule has 1 amide bonds. The van der Waals surface area contributed by atoms with E-state index in [0.29, 0.717) is 22.9 Å². The number of aromatic nitrogens is 4. The predicted molar refractivity (Wildman–Crippen MR) is 114 cm³/mol. The fraction of sp³-hybridized carbons (Fsp3) is 0.389. The number of hydrazine groups is 1. The number of amides is 1. The van der Waals surface area contributed by atoms with E-state index in [1.807, 2.05) is 33.8 Å². The van der Waals surface area contributed by atoms with Gasteiger partial charge in [0.05, 0.1) is 16.4 Å². The number of hydrogen-bond donors (Lipinski definition) is 3. The van der Waals surface area contributed by atoms with Crippen LogP contribution in [0.3, 0.4) is 0 Å². The lowest BCUT2D eigenvalue weighted by Gasteiger charge is -2.13. The monoisotopic (exact) mass is 418 g/mol. The van der Waals surface area contributed by atoms with Crippen LogP contribution in [0.25, 0.3) is 10.2 Å². The van der Waals surface area contributed by atoms with Gasteiger partial charge < -0.3 is 4.98 Å². The van der Waals surface area contributed by atoms with Gasteiger partial charge in [-0.3, -0.25) is 20.4 Å². The van der Waals surface area contributed by atoms with Gasteiger partial charge in [0.15, 0.2) is 0 Å². The number of aryl methyl sites for hydroxylation is 4. The first-order valence-corrected chi connectivity index (χ1v) is 10.6. The van der Waals surface area contributed by atoms with E-state index in [1.54, 1.807) is 6.92 Å². The Labute approximate surface area is 170 Å². The number of H-pyrrole nitrogens is 1. The molecule has 0 bridgehead atoms. The zero-order valence-corrected chi connectivity index (χ0v) is 18.0. The molecule has 0 radical (unpaired) electrons. The maximum absolute atomic E-state index is 12.3. The number of nitrogens with one attached hydrogen (secondary N) is 3. The average Bonchev–Trinajstić information content (AvgIpc) is 2.91. The number of thiophene rings is 1. The van der Waals surface area contributed by atoms with Crippen molar-refractivity contribution in [1.82, 2.24) is 25.4 Å². The van der Waals surface area contributed by atoms with Gasteiger partial charge in [0.1, 0.15) is 10.7 Å². The first-order valence-electron chi connectivity index (χ1n) is 8.73. The number of carbonyl (C=O) groups is 1. The van der Waals surface area contributed by atoms with Crippen molar-refractivity contribution in [2.75, 3.05) is 5.43 Å². The first-order chi connectivity index (χ1) is 13.2. The molecule has 28 heavy (non-hydrogen) atoms.